The SMILES string of the molecule is CCCCCCCCCCCCCCCC(=O)C(O)(C(=O)CCCCCCCCCCCCCCC)C([PH-])[N+](C)(C)C.O. The molecule has 0 fully saturated rings. The molecule has 6 heteroatoms. The number of aliphatic hydroxyl groups is 1. The maximum Gasteiger partial charge on any atom is 0.204 e. The molecule has 0 bridgehead atoms. The zero-order valence-corrected chi connectivity index (χ0v) is 30.6. The van der Waals surface area contributed by atoms with Crippen LogP contribution in [0.3, 0.4) is 0 Å². The fourth-order valence-corrected chi connectivity index (χ4v) is 6.33. The maximum atomic E-state index is 13.3. The summed E-state index contributed by atoms with van der Waals surface area (Å²) in [6, 6.07) is 0. The van der Waals surface area contributed by atoms with Gasteiger partial charge in [0.2, 0.25) is 5.60 Å². The number of hydrogen-bond donors (Lipinski definition) is 1. The van der Waals surface area contributed by atoms with E-state index in [1.54, 1.807) is 0 Å². The molecule has 258 valence electrons. The number of rotatable bonds is 32. The van der Waals surface area contributed by atoms with Gasteiger partial charge in [0.15, 0.2) is 11.6 Å². The lowest BCUT2D eigenvalue weighted by Gasteiger charge is -2.46. The molecule has 0 aliphatic heterocycles. The minimum atomic E-state index is -1.95. The van der Waals surface area contributed by atoms with Gasteiger partial charge in [-0.1, -0.05) is 168 Å². The summed E-state index contributed by atoms with van der Waals surface area (Å²) >= 11 is 0. The van der Waals surface area contributed by atoms with Gasteiger partial charge >= 0.3 is 0 Å². The van der Waals surface area contributed by atoms with Gasteiger partial charge in [0, 0.05) is 18.6 Å². The Bertz CT molecular complexity index is 607. The lowest BCUT2D eigenvalue weighted by molar-refractivity contribution is -0.885. The molecular formula is C37H76NO4P. The summed E-state index contributed by atoms with van der Waals surface area (Å²) in [7, 11) is 9.38. The third-order valence-corrected chi connectivity index (χ3v) is 10.2. The van der Waals surface area contributed by atoms with Crippen molar-refractivity contribution in [1.82, 2.24) is 0 Å². The summed E-state index contributed by atoms with van der Waals surface area (Å²) in [5, 5.41) is 11.6. The summed E-state index contributed by atoms with van der Waals surface area (Å²) in [4.78, 5) is 26.6. The maximum absolute atomic E-state index is 13.3. The first-order chi connectivity index (χ1) is 20.1. The van der Waals surface area contributed by atoms with Crippen LogP contribution in [0.1, 0.15) is 194 Å². The molecule has 3 N–H and O–H groups in total. The zero-order valence-electron chi connectivity index (χ0n) is 29.6. The van der Waals surface area contributed by atoms with Crippen LogP contribution in [-0.4, -0.2) is 59.2 Å². The molecule has 0 aliphatic carbocycles. The van der Waals surface area contributed by atoms with Gasteiger partial charge in [-0.25, -0.2) is 0 Å². The Morgan fingerprint density at radius 1 is 0.512 bits per heavy atom. The van der Waals surface area contributed by atoms with Crippen molar-refractivity contribution in [2.45, 2.75) is 205 Å². The Morgan fingerprint density at radius 3 is 0.930 bits per heavy atom. The molecule has 5 nitrogen and oxygen atoms in total. The predicted molar refractivity (Wildman–Crippen MR) is 189 cm³/mol. The number of nitrogens with zero attached hydrogens (tertiary/aromatic N) is 1. The van der Waals surface area contributed by atoms with Crippen LogP contribution in [0.5, 0.6) is 0 Å². The van der Waals surface area contributed by atoms with E-state index < -0.39 is 11.4 Å². The Hall–Kier alpha value is -0.350. The van der Waals surface area contributed by atoms with Crippen LogP contribution in [0, 0.1) is 0 Å². The number of carbonyl (C=O) groups excluding carboxylic acids is 2. The zero-order chi connectivity index (χ0) is 31.5. The minimum absolute atomic E-state index is 0. The second kappa shape index (κ2) is 29.1. The average Bonchev–Trinajstić information content (AvgIpc) is 2.96. The first-order valence-corrected chi connectivity index (χ1v) is 19.0. The lowest BCUT2D eigenvalue weighted by atomic mass is 9.85. The van der Waals surface area contributed by atoms with Gasteiger partial charge in [-0.15, -0.1) is 0 Å². The third-order valence-electron chi connectivity index (χ3n) is 9.04. The van der Waals surface area contributed by atoms with Crippen molar-refractivity contribution in [2.75, 3.05) is 21.1 Å². The van der Waals surface area contributed by atoms with E-state index in [1.165, 1.54) is 128 Å². The second-order valence-corrected chi connectivity index (χ2v) is 14.7. The lowest BCUT2D eigenvalue weighted by Crippen LogP contribution is -2.63. The van der Waals surface area contributed by atoms with Crippen molar-refractivity contribution in [2.24, 2.45) is 0 Å². The van der Waals surface area contributed by atoms with E-state index >= 15 is 0 Å². The van der Waals surface area contributed by atoms with Crippen molar-refractivity contribution in [1.29, 1.82) is 0 Å². The van der Waals surface area contributed by atoms with Gasteiger partial charge in [-0.05, 0) is 12.8 Å². The van der Waals surface area contributed by atoms with Crippen molar-refractivity contribution < 1.29 is 24.7 Å². The normalized spacial score (nSPS) is 12.7. The average molecular weight is 630 g/mol. The van der Waals surface area contributed by atoms with Gasteiger partial charge in [0.25, 0.3) is 0 Å². The van der Waals surface area contributed by atoms with Crippen molar-refractivity contribution in [3.05, 3.63) is 0 Å². The monoisotopic (exact) mass is 630 g/mol. The van der Waals surface area contributed by atoms with Crippen LogP contribution < -0.4 is 0 Å². The van der Waals surface area contributed by atoms with Crippen LogP contribution in [0.25, 0.3) is 0 Å². The Balaban J connectivity index is 0. The van der Waals surface area contributed by atoms with Gasteiger partial charge < -0.3 is 24.3 Å². The Morgan fingerprint density at radius 2 is 0.721 bits per heavy atom. The first-order valence-electron chi connectivity index (χ1n) is 18.4. The number of likely N-dealkylation sites (N-methyl/N-ethyl adjacent to an activating group) is 1. The number of hydrogen-bond acceptors (Lipinski definition) is 3. The summed E-state index contributed by atoms with van der Waals surface area (Å²) in [6.07, 6.45) is 33.0. The van der Waals surface area contributed by atoms with Gasteiger partial charge in [-0.2, -0.15) is 0 Å². The molecule has 0 aromatic carbocycles. The van der Waals surface area contributed by atoms with Gasteiger partial charge in [0.05, 0.1) is 21.1 Å². The van der Waals surface area contributed by atoms with Gasteiger partial charge in [-0.3, -0.25) is 9.59 Å². The van der Waals surface area contributed by atoms with Crippen molar-refractivity contribution >= 4 is 20.8 Å². The summed E-state index contributed by atoms with van der Waals surface area (Å²) in [6.45, 7) is 4.53. The number of unbranched alkanes of at least 4 members (excludes halogenated alkanes) is 24. The van der Waals surface area contributed by atoms with E-state index in [-0.39, 0.29) is 29.9 Å². The van der Waals surface area contributed by atoms with E-state index in [1.807, 2.05) is 21.1 Å². The van der Waals surface area contributed by atoms with Crippen LogP contribution in [0.15, 0.2) is 0 Å². The van der Waals surface area contributed by atoms with Crippen LogP contribution in [0.4, 0.5) is 0 Å². The first kappa shape index (κ1) is 44.8. The highest BCUT2D eigenvalue weighted by atomic mass is 31.0. The highest BCUT2D eigenvalue weighted by Crippen LogP contribution is 2.30. The number of quaternary nitrogens is 1. The third kappa shape index (κ3) is 22.7. The molecule has 0 aromatic heterocycles. The van der Waals surface area contributed by atoms with Crippen LogP contribution in [-0.2, 0) is 9.59 Å². The number of ketones is 2. The van der Waals surface area contributed by atoms with Crippen molar-refractivity contribution in [3.8, 4) is 0 Å². The fraction of sp³-hybridized carbons (Fsp3) is 0.946. The quantitative estimate of drug-likeness (QED) is 0.0348. The molecule has 0 saturated carbocycles. The Kier molecular flexibility index (Phi) is 30.3. The highest BCUT2D eigenvalue weighted by Gasteiger charge is 2.48. The molecular weight excluding hydrogens is 553 g/mol. The Labute approximate surface area is 271 Å². The van der Waals surface area contributed by atoms with Crippen LogP contribution in [0.2, 0.25) is 0 Å². The molecule has 0 radical (unpaired) electrons. The minimum Gasteiger partial charge on any atom is -0.488 e. The highest BCUT2D eigenvalue weighted by molar-refractivity contribution is 7.17. The number of carbonyl (C=O) groups is 2. The molecule has 0 aliphatic rings. The molecule has 0 heterocycles. The summed E-state index contributed by atoms with van der Waals surface area (Å²) < 4.78 is 0.308. The molecule has 0 spiro atoms. The standard InChI is InChI=1S/C37H74NO3P.H2O/c1-6-8-10-12-14-16-18-20-22-24-26-28-30-32-34(39)37(41,36(42)38(3,4)5)35(40)33-31-29-27-25-23-21-19-17-15-13-11-9-7-2;/h36,41-42H,6-33H2,1-5H3;1H2. The smallest absolute Gasteiger partial charge is 0.204 e. The van der Waals surface area contributed by atoms with Gasteiger partial charge in [0.1, 0.15) is 0 Å². The summed E-state index contributed by atoms with van der Waals surface area (Å²) in [5.74, 6) is -1.27. The van der Waals surface area contributed by atoms with Crippen LogP contribution >= 0.6 is 9.24 Å². The molecule has 1 unspecified atom stereocenters. The largest absolute Gasteiger partial charge is 0.488 e. The molecule has 1 atom stereocenters. The second-order valence-electron chi connectivity index (χ2n) is 14.1. The molecule has 43 heavy (non-hydrogen) atoms. The predicted octanol–water partition coefficient (Wildman–Crippen LogP) is 10.2. The van der Waals surface area contributed by atoms with E-state index in [0.29, 0.717) is 4.48 Å². The van der Waals surface area contributed by atoms with E-state index in [0.717, 1.165) is 38.5 Å². The molecule has 0 aromatic rings. The summed E-state index contributed by atoms with van der Waals surface area (Å²) in [5.41, 5.74) is -1.95. The molecule has 0 amide bonds. The van der Waals surface area contributed by atoms with E-state index in [4.69, 9.17) is 0 Å². The van der Waals surface area contributed by atoms with E-state index in [9.17, 15) is 14.7 Å². The molecule has 0 rings (SSSR count). The topological polar surface area (TPSA) is 85.9 Å². The van der Waals surface area contributed by atoms with Crippen molar-refractivity contribution in [3.63, 3.8) is 0 Å². The fourth-order valence-electron chi connectivity index (χ4n) is 6.01. The number of Topliss-reactive ketones (excluding diaryl/α,β-unsaturated/α-hetero) is 2. The van der Waals surface area contributed by atoms with E-state index in [2.05, 4.69) is 23.1 Å². The molecule has 0 saturated heterocycles.